The van der Waals surface area contributed by atoms with Crippen LogP contribution < -0.4 is 14.4 Å². The minimum Gasteiger partial charge on any atom is -0.481 e. The van der Waals surface area contributed by atoms with E-state index < -0.39 is 0 Å². The van der Waals surface area contributed by atoms with Gasteiger partial charge in [0.05, 0.1) is 19.9 Å². The van der Waals surface area contributed by atoms with E-state index in [1.807, 2.05) is 24.8 Å². The average molecular weight is 374 g/mol. The Morgan fingerprint density at radius 1 is 1.11 bits per heavy atom. The molecule has 9 heteroatoms. The van der Waals surface area contributed by atoms with Crippen molar-refractivity contribution in [2.75, 3.05) is 45.3 Å². The molecule has 1 aliphatic heterocycles. The molecule has 0 aromatic carbocycles. The third-order valence-corrected chi connectivity index (χ3v) is 4.59. The molecule has 1 fully saturated rings. The van der Waals surface area contributed by atoms with Crippen LogP contribution in [0, 0.1) is 6.92 Å². The highest BCUT2D eigenvalue weighted by molar-refractivity contribution is 5.92. The molecule has 0 atom stereocenters. The number of ether oxygens (including phenoxy) is 2. The largest absolute Gasteiger partial charge is 0.481 e. The number of carbonyl (C=O) groups excluding carboxylic acids is 1. The first-order chi connectivity index (χ1) is 13.0. The number of rotatable bonds is 5. The highest BCUT2D eigenvalue weighted by Gasteiger charge is 2.24. The van der Waals surface area contributed by atoms with Crippen LogP contribution in [0.15, 0.2) is 12.1 Å². The molecule has 1 amide bonds. The van der Waals surface area contributed by atoms with E-state index in [0.717, 1.165) is 24.5 Å². The number of aromatic nitrogens is 4. The van der Waals surface area contributed by atoms with Gasteiger partial charge in [0.1, 0.15) is 11.5 Å². The summed E-state index contributed by atoms with van der Waals surface area (Å²) >= 11 is 0. The van der Waals surface area contributed by atoms with E-state index in [1.54, 1.807) is 17.9 Å². The fraction of sp³-hybridized carbons (Fsp3) is 0.556. The van der Waals surface area contributed by atoms with E-state index in [1.165, 1.54) is 7.11 Å². The molecule has 27 heavy (non-hydrogen) atoms. The quantitative estimate of drug-likeness (QED) is 0.781. The Morgan fingerprint density at radius 2 is 1.93 bits per heavy atom. The summed E-state index contributed by atoms with van der Waals surface area (Å²) in [4.78, 5) is 25.5. The molecule has 0 unspecified atom stereocenters. The maximum Gasteiger partial charge on any atom is 0.321 e. The van der Waals surface area contributed by atoms with Crippen LogP contribution in [-0.2, 0) is 6.54 Å². The Morgan fingerprint density at radius 3 is 2.63 bits per heavy atom. The van der Waals surface area contributed by atoms with Gasteiger partial charge >= 0.3 is 6.01 Å². The minimum absolute atomic E-state index is 0.0251. The first kappa shape index (κ1) is 18.9. The topological polar surface area (TPSA) is 85.6 Å². The normalized spacial score (nSPS) is 14.8. The van der Waals surface area contributed by atoms with Crippen molar-refractivity contribution in [3.05, 3.63) is 23.5 Å². The summed E-state index contributed by atoms with van der Waals surface area (Å²) < 4.78 is 12.2. The lowest BCUT2D eigenvalue weighted by molar-refractivity contribution is 0.0754. The van der Waals surface area contributed by atoms with Gasteiger partial charge in [0.15, 0.2) is 0 Å². The Hall–Kier alpha value is -2.84. The van der Waals surface area contributed by atoms with Crippen LogP contribution in [0.2, 0.25) is 0 Å². The Balaban J connectivity index is 1.75. The molecule has 146 valence electrons. The number of carbonyl (C=O) groups is 1. The molecular formula is C18H26N6O3. The van der Waals surface area contributed by atoms with Crippen LogP contribution in [-0.4, -0.2) is 71.0 Å². The lowest BCUT2D eigenvalue weighted by Gasteiger charge is -2.23. The van der Waals surface area contributed by atoms with Crippen LogP contribution in [0.4, 0.5) is 5.82 Å². The standard InChI is InChI=1S/C18H26N6O3/c1-5-24-14(11-13(2)21-24)17(25)23-8-6-7-22(9-10-23)15-12-16(26-3)20-18(19-15)27-4/h11-12H,5-10H2,1-4H3. The number of nitrogens with zero attached hydrogens (tertiary/aromatic N) is 6. The third kappa shape index (κ3) is 4.12. The van der Waals surface area contributed by atoms with Gasteiger partial charge in [-0.15, -0.1) is 0 Å². The van der Waals surface area contributed by atoms with Crippen molar-refractivity contribution >= 4 is 11.7 Å². The number of methoxy groups -OCH3 is 2. The average Bonchev–Trinajstić information content (AvgIpc) is 2.91. The lowest BCUT2D eigenvalue weighted by atomic mass is 10.3. The lowest BCUT2D eigenvalue weighted by Crippen LogP contribution is -2.36. The smallest absolute Gasteiger partial charge is 0.321 e. The van der Waals surface area contributed by atoms with Crippen molar-refractivity contribution in [3.63, 3.8) is 0 Å². The molecule has 2 aromatic rings. The predicted octanol–water partition coefficient (Wildman–Crippen LogP) is 1.37. The molecule has 0 aliphatic carbocycles. The zero-order chi connectivity index (χ0) is 19.4. The second-order valence-corrected chi connectivity index (χ2v) is 6.37. The summed E-state index contributed by atoms with van der Waals surface area (Å²) in [5, 5.41) is 4.38. The second kappa shape index (κ2) is 8.24. The van der Waals surface area contributed by atoms with E-state index in [2.05, 4.69) is 20.0 Å². The molecule has 9 nitrogen and oxygen atoms in total. The van der Waals surface area contributed by atoms with E-state index >= 15 is 0 Å². The van der Waals surface area contributed by atoms with Gasteiger partial charge in [-0.2, -0.15) is 15.1 Å². The molecule has 0 bridgehead atoms. The third-order valence-electron chi connectivity index (χ3n) is 4.59. The van der Waals surface area contributed by atoms with Crippen LogP contribution in [0.1, 0.15) is 29.5 Å². The highest BCUT2D eigenvalue weighted by atomic mass is 16.5. The second-order valence-electron chi connectivity index (χ2n) is 6.37. The van der Waals surface area contributed by atoms with Gasteiger partial charge in [-0.3, -0.25) is 9.48 Å². The van der Waals surface area contributed by atoms with Crippen molar-refractivity contribution in [3.8, 4) is 11.9 Å². The summed E-state index contributed by atoms with van der Waals surface area (Å²) in [6.07, 6.45) is 0.847. The van der Waals surface area contributed by atoms with Gasteiger partial charge in [-0.1, -0.05) is 0 Å². The number of aryl methyl sites for hydroxylation is 2. The van der Waals surface area contributed by atoms with Crippen molar-refractivity contribution in [2.45, 2.75) is 26.8 Å². The van der Waals surface area contributed by atoms with Crippen LogP contribution in [0.5, 0.6) is 11.9 Å². The van der Waals surface area contributed by atoms with E-state index in [9.17, 15) is 4.79 Å². The Kier molecular flexibility index (Phi) is 5.78. The minimum atomic E-state index is 0.0251. The van der Waals surface area contributed by atoms with Crippen LogP contribution in [0.25, 0.3) is 0 Å². The Bertz CT molecular complexity index is 784. The molecule has 3 heterocycles. The molecule has 0 spiro atoms. The Labute approximate surface area is 158 Å². The number of hydrogen-bond donors (Lipinski definition) is 0. The first-order valence-electron chi connectivity index (χ1n) is 9.11. The van der Waals surface area contributed by atoms with Gasteiger partial charge in [-0.25, -0.2) is 0 Å². The molecule has 0 N–H and O–H groups in total. The van der Waals surface area contributed by atoms with Crippen molar-refractivity contribution < 1.29 is 14.3 Å². The van der Waals surface area contributed by atoms with E-state index in [4.69, 9.17) is 9.47 Å². The fourth-order valence-electron chi connectivity index (χ4n) is 3.22. The van der Waals surface area contributed by atoms with Crippen molar-refractivity contribution in [2.24, 2.45) is 0 Å². The molecule has 0 saturated carbocycles. The van der Waals surface area contributed by atoms with Crippen LogP contribution >= 0.6 is 0 Å². The van der Waals surface area contributed by atoms with Crippen molar-refractivity contribution in [1.29, 1.82) is 0 Å². The van der Waals surface area contributed by atoms with Gasteiger partial charge in [-0.05, 0) is 26.3 Å². The van der Waals surface area contributed by atoms with Crippen LogP contribution in [0.3, 0.4) is 0 Å². The molecule has 1 aliphatic rings. The number of amides is 1. The number of hydrogen-bond acceptors (Lipinski definition) is 7. The predicted molar refractivity (Wildman–Crippen MR) is 101 cm³/mol. The highest BCUT2D eigenvalue weighted by Crippen LogP contribution is 2.22. The van der Waals surface area contributed by atoms with Gasteiger partial charge in [0, 0.05) is 38.8 Å². The molecule has 0 radical (unpaired) electrons. The maximum absolute atomic E-state index is 13.0. The summed E-state index contributed by atoms with van der Waals surface area (Å²) in [5.74, 6) is 1.22. The van der Waals surface area contributed by atoms with Gasteiger partial charge in [0.2, 0.25) is 5.88 Å². The van der Waals surface area contributed by atoms with E-state index in [-0.39, 0.29) is 11.9 Å². The SMILES string of the molecule is CCn1nc(C)cc1C(=O)N1CCCN(c2cc(OC)nc(OC)n2)CC1. The summed E-state index contributed by atoms with van der Waals surface area (Å²) in [5.41, 5.74) is 1.51. The monoisotopic (exact) mass is 374 g/mol. The first-order valence-corrected chi connectivity index (χ1v) is 9.11. The van der Waals surface area contributed by atoms with Gasteiger partial charge < -0.3 is 19.3 Å². The molecule has 3 rings (SSSR count). The summed E-state index contributed by atoms with van der Waals surface area (Å²) in [6.45, 7) is 7.35. The summed E-state index contributed by atoms with van der Waals surface area (Å²) in [7, 11) is 3.09. The van der Waals surface area contributed by atoms with E-state index in [0.29, 0.717) is 37.8 Å². The van der Waals surface area contributed by atoms with Gasteiger partial charge in [0.25, 0.3) is 5.91 Å². The summed E-state index contributed by atoms with van der Waals surface area (Å²) in [6, 6.07) is 3.91. The zero-order valence-corrected chi connectivity index (χ0v) is 16.3. The zero-order valence-electron chi connectivity index (χ0n) is 16.3. The molecule has 1 saturated heterocycles. The number of anilines is 1. The molecular weight excluding hydrogens is 348 g/mol. The fourth-order valence-corrected chi connectivity index (χ4v) is 3.22. The maximum atomic E-state index is 13.0. The molecule has 2 aromatic heterocycles. The van der Waals surface area contributed by atoms with Crippen molar-refractivity contribution in [1.82, 2.24) is 24.6 Å².